The van der Waals surface area contributed by atoms with E-state index in [4.69, 9.17) is 10.5 Å². The molecule has 18 heavy (non-hydrogen) atoms. The van der Waals surface area contributed by atoms with Crippen molar-refractivity contribution in [2.24, 2.45) is 0 Å². The fourth-order valence-corrected chi connectivity index (χ4v) is 1.96. The van der Waals surface area contributed by atoms with Crippen molar-refractivity contribution in [3.63, 3.8) is 0 Å². The second-order valence-corrected chi connectivity index (χ2v) is 5.92. The van der Waals surface area contributed by atoms with Gasteiger partial charge in [0.25, 0.3) is 0 Å². The number of hydrogen-bond donors (Lipinski definition) is 2. The molecule has 1 aliphatic carbocycles. The predicted octanol–water partition coefficient (Wildman–Crippen LogP) is 1.95. The first-order chi connectivity index (χ1) is 8.38. The minimum Gasteiger partial charge on any atom is -0.384 e. The van der Waals surface area contributed by atoms with E-state index in [9.17, 15) is 0 Å². The predicted molar refractivity (Wildman–Crippen MR) is 72.6 cm³/mol. The molecular formula is C13H22N4O. The number of methoxy groups -OCH3 is 1. The topological polar surface area (TPSA) is 73.1 Å². The molecule has 5 heteroatoms. The number of nitrogens with two attached hydrogens (primary N) is 1. The fraction of sp³-hybridized carbons (Fsp3) is 0.692. The number of nitrogens with one attached hydrogen (secondary N) is 1. The van der Waals surface area contributed by atoms with Crippen LogP contribution in [0.2, 0.25) is 0 Å². The van der Waals surface area contributed by atoms with E-state index in [0.29, 0.717) is 18.0 Å². The molecule has 0 saturated heterocycles. The van der Waals surface area contributed by atoms with Gasteiger partial charge in [0, 0.05) is 24.6 Å². The van der Waals surface area contributed by atoms with Crippen molar-refractivity contribution >= 4 is 11.6 Å². The lowest BCUT2D eigenvalue weighted by Gasteiger charge is -2.35. The standard InChI is InChI=1S/C13H22N4O/c1-13(2,3)12-16-10(14)7-11(17-12)15-8-5-9(6-8)18-4/h7-9H,5-6H2,1-4H3,(H3,14,15,16,17). The molecule has 1 aromatic rings. The zero-order valence-corrected chi connectivity index (χ0v) is 11.5. The zero-order valence-electron chi connectivity index (χ0n) is 11.5. The van der Waals surface area contributed by atoms with E-state index in [2.05, 4.69) is 36.1 Å². The van der Waals surface area contributed by atoms with E-state index in [0.717, 1.165) is 24.5 Å². The smallest absolute Gasteiger partial charge is 0.138 e. The fourth-order valence-electron chi connectivity index (χ4n) is 1.96. The van der Waals surface area contributed by atoms with Crippen LogP contribution in [0.15, 0.2) is 6.07 Å². The van der Waals surface area contributed by atoms with Crippen LogP contribution < -0.4 is 11.1 Å². The third kappa shape index (κ3) is 2.90. The van der Waals surface area contributed by atoms with Crippen LogP contribution in [0.25, 0.3) is 0 Å². The molecule has 1 aliphatic rings. The highest BCUT2D eigenvalue weighted by Crippen LogP contribution is 2.27. The van der Waals surface area contributed by atoms with E-state index in [1.54, 1.807) is 13.2 Å². The first kappa shape index (κ1) is 13.1. The van der Waals surface area contributed by atoms with E-state index in [1.807, 2.05) is 0 Å². The van der Waals surface area contributed by atoms with Crippen LogP contribution in [-0.2, 0) is 10.2 Å². The van der Waals surface area contributed by atoms with Gasteiger partial charge in [-0.1, -0.05) is 20.8 Å². The third-order valence-corrected chi connectivity index (χ3v) is 3.20. The first-order valence-electron chi connectivity index (χ1n) is 6.33. The highest BCUT2D eigenvalue weighted by Gasteiger charge is 2.29. The first-order valence-corrected chi connectivity index (χ1v) is 6.33. The van der Waals surface area contributed by atoms with Crippen molar-refractivity contribution in [1.82, 2.24) is 9.97 Å². The van der Waals surface area contributed by atoms with Gasteiger partial charge in [0.1, 0.15) is 17.5 Å². The Labute approximate surface area is 108 Å². The highest BCUT2D eigenvalue weighted by molar-refractivity contribution is 5.46. The van der Waals surface area contributed by atoms with Crippen molar-refractivity contribution in [1.29, 1.82) is 0 Å². The Morgan fingerprint density at radius 1 is 1.33 bits per heavy atom. The molecule has 5 nitrogen and oxygen atoms in total. The van der Waals surface area contributed by atoms with Crippen molar-refractivity contribution in [3.8, 4) is 0 Å². The number of rotatable bonds is 3. The average molecular weight is 250 g/mol. The van der Waals surface area contributed by atoms with Gasteiger partial charge in [-0.2, -0.15) is 0 Å². The Hall–Kier alpha value is -1.36. The molecule has 100 valence electrons. The summed E-state index contributed by atoms with van der Waals surface area (Å²) >= 11 is 0. The van der Waals surface area contributed by atoms with Crippen LogP contribution >= 0.6 is 0 Å². The van der Waals surface area contributed by atoms with Crippen LogP contribution in [-0.4, -0.2) is 29.2 Å². The second kappa shape index (κ2) is 4.72. The van der Waals surface area contributed by atoms with E-state index in [1.165, 1.54) is 0 Å². The Bertz CT molecular complexity index is 421. The molecule has 0 amide bonds. The Morgan fingerprint density at radius 3 is 2.56 bits per heavy atom. The van der Waals surface area contributed by atoms with Gasteiger partial charge in [-0.05, 0) is 12.8 Å². The van der Waals surface area contributed by atoms with Crippen LogP contribution in [0, 0.1) is 0 Å². The minimum atomic E-state index is -0.0967. The number of nitrogens with zero attached hydrogens (tertiary/aromatic N) is 2. The summed E-state index contributed by atoms with van der Waals surface area (Å²) in [6.45, 7) is 6.24. The van der Waals surface area contributed by atoms with Gasteiger partial charge in [0.15, 0.2) is 0 Å². The van der Waals surface area contributed by atoms with Gasteiger partial charge >= 0.3 is 0 Å². The lowest BCUT2D eigenvalue weighted by Crippen LogP contribution is -2.40. The summed E-state index contributed by atoms with van der Waals surface area (Å²) in [5.41, 5.74) is 5.73. The van der Waals surface area contributed by atoms with Crippen LogP contribution in [0.3, 0.4) is 0 Å². The summed E-state index contributed by atoms with van der Waals surface area (Å²) in [7, 11) is 1.75. The maximum atomic E-state index is 5.83. The number of anilines is 2. The Kier molecular flexibility index (Phi) is 3.43. The molecular weight excluding hydrogens is 228 g/mol. The van der Waals surface area contributed by atoms with Crippen LogP contribution in [0.1, 0.15) is 39.4 Å². The molecule has 0 bridgehead atoms. The monoisotopic (exact) mass is 250 g/mol. The largest absolute Gasteiger partial charge is 0.384 e. The zero-order chi connectivity index (χ0) is 13.3. The lowest BCUT2D eigenvalue weighted by atomic mass is 9.89. The van der Waals surface area contributed by atoms with E-state index >= 15 is 0 Å². The number of nitrogen functional groups attached to an aromatic ring is 1. The third-order valence-electron chi connectivity index (χ3n) is 3.20. The highest BCUT2D eigenvalue weighted by atomic mass is 16.5. The van der Waals surface area contributed by atoms with Gasteiger partial charge in [0.2, 0.25) is 0 Å². The Morgan fingerprint density at radius 2 is 2.00 bits per heavy atom. The molecule has 0 unspecified atom stereocenters. The molecule has 0 atom stereocenters. The Balaban J connectivity index is 2.07. The van der Waals surface area contributed by atoms with Crippen LogP contribution in [0.5, 0.6) is 0 Å². The maximum absolute atomic E-state index is 5.83. The molecule has 2 rings (SSSR count). The molecule has 3 N–H and O–H groups in total. The quantitative estimate of drug-likeness (QED) is 0.857. The molecule has 0 aromatic carbocycles. The van der Waals surface area contributed by atoms with Crippen LogP contribution in [0.4, 0.5) is 11.6 Å². The second-order valence-electron chi connectivity index (χ2n) is 5.92. The summed E-state index contributed by atoms with van der Waals surface area (Å²) < 4.78 is 5.26. The molecule has 1 fully saturated rings. The molecule has 1 heterocycles. The number of aromatic nitrogens is 2. The van der Waals surface area contributed by atoms with Crippen molar-refractivity contribution in [2.75, 3.05) is 18.2 Å². The minimum absolute atomic E-state index is 0.0967. The normalized spacial score (nSPS) is 23.6. The van der Waals surface area contributed by atoms with Crippen molar-refractivity contribution in [2.45, 2.75) is 51.2 Å². The van der Waals surface area contributed by atoms with Crippen molar-refractivity contribution < 1.29 is 4.74 Å². The summed E-state index contributed by atoms with van der Waals surface area (Å²) in [5.74, 6) is 2.10. The molecule has 1 saturated carbocycles. The summed E-state index contributed by atoms with van der Waals surface area (Å²) in [6, 6.07) is 2.21. The summed E-state index contributed by atoms with van der Waals surface area (Å²) in [6.07, 6.45) is 2.42. The van der Waals surface area contributed by atoms with E-state index in [-0.39, 0.29) is 5.41 Å². The van der Waals surface area contributed by atoms with E-state index < -0.39 is 0 Å². The molecule has 0 radical (unpaired) electrons. The maximum Gasteiger partial charge on any atom is 0.138 e. The van der Waals surface area contributed by atoms with Gasteiger partial charge in [0.05, 0.1) is 6.10 Å². The molecule has 1 aromatic heterocycles. The summed E-state index contributed by atoms with van der Waals surface area (Å²) in [5, 5.41) is 3.38. The molecule has 0 spiro atoms. The van der Waals surface area contributed by atoms with Crippen molar-refractivity contribution in [3.05, 3.63) is 11.9 Å². The van der Waals surface area contributed by atoms with Gasteiger partial charge in [-0.15, -0.1) is 0 Å². The van der Waals surface area contributed by atoms with Gasteiger partial charge in [-0.25, -0.2) is 9.97 Å². The van der Waals surface area contributed by atoms with Gasteiger partial charge < -0.3 is 15.8 Å². The SMILES string of the molecule is COC1CC(Nc2cc(N)nc(C(C)(C)C)n2)C1. The van der Waals surface area contributed by atoms with Gasteiger partial charge in [-0.3, -0.25) is 0 Å². The lowest BCUT2D eigenvalue weighted by molar-refractivity contribution is 0.0328. The number of ether oxygens (including phenoxy) is 1. The molecule has 0 aliphatic heterocycles. The number of hydrogen-bond acceptors (Lipinski definition) is 5. The summed E-state index contributed by atoms with van der Waals surface area (Å²) in [4.78, 5) is 8.82. The average Bonchev–Trinajstić information content (AvgIpc) is 2.20.